The molecule has 0 fully saturated rings. The van der Waals surface area contributed by atoms with Gasteiger partial charge in [0, 0.05) is 18.7 Å². The molecule has 2 amide bonds. The van der Waals surface area contributed by atoms with Crippen molar-refractivity contribution in [3.05, 3.63) is 70.3 Å². The van der Waals surface area contributed by atoms with Crippen LogP contribution in [0.4, 0.5) is 0 Å². The summed E-state index contributed by atoms with van der Waals surface area (Å²) in [6.07, 6.45) is 0.919. The van der Waals surface area contributed by atoms with E-state index >= 15 is 0 Å². The molecule has 5 N–H and O–H groups in total. The van der Waals surface area contributed by atoms with Gasteiger partial charge in [-0.15, -0.1) is 0 Å². The zero-order valence-corrected chi connectivity index (χ0v) is 17.9. The van der Waals surface area contributed by atoms with Crippen LogP contribution in [0.1, 0.15) is 39.5 Å². The van der Waals surface area contributed by atoms with Gasteiger partial charge in [-0.3, -0.25) is 9.59 Å². The van der Waals surface area contributed by atoms with Crippen LogP contribution < -0.4 is 21.7 Å². The first-order valence-electron chi connectivity index (χ1n) is 10.1. The number of aryl methyl sites for hydroxylation is 2. The van der Waals surface area contributed by atoms with Gasteiger partial charge in [-0.2, -0.15) is 0 Å². The minimum absolute atomic E-state index is 0.176. The summed E-state index contributed by atoms with van der Waals surface area (Å²) in [5.41, 5.74) is 10.3. The van der Waals surface area contributed by atoms with Crippen molar-refractivity contribution in [2.24, 2.45) is 10.7 Å². The number of primary amides is 1. The largest absolute Gasteiger partial charge is 0.368 e. The molecule has 0 spiro atoms. The van der Waals surface area contributed by atoms with Crippen LogP contribution in [-0.2, 0) is 17.8 Å². The first-order valence-corrected chi connectivity index (χ1v) is 10.1. The van der Waals surface area contributed by atoms with Crippen LogP contribution in [-0.4, -0.2) is 37.4 Å². The second-order valence-electron chi connectivity index (χ2n) is 7.21. The summed E-state index contributed by atoms with van der Waals surface area (Å²) in [5.74, 6) is -0.148. The fourth-order valence-electron chi connectivity index (χ4n) is 3.08. The van der Waals surface area contributed by atoms with E-state index in [1.165, 1.54) is 16.7 Å². The lowest BCUT2D eigenvalue weighted by molar-refractivity contribution is -0.117. The van der Waals surface area contributed by atoms with Gasteiger partial charge in [-0.05, 0) is 50.5 Å². The monoisotopic (exact) mass is 409 g/mol. The lowest BCUT2D eigenvalue weighted by Crippen LogP contribution is -2.38. The molecule has 0 aromatic heterocycles. The number of amides is 2. The Morgan fingerprint density at radius 1 is 0.933 bits per heavy atom. The van der Waals surface area contributed by atoms with Crippen LogP contribution >= 0.6 is 0 Å². The molecule has 30 heavy (non-hydrogen) atoms. The minimum atomic E-state index is -0.574. The molecule has 2 aromatic rings. The van der Waals surface area contributed by atoms with Crippen LogP contribution in [0, 0.1) is 13.8 Å². The standard InChI is InChI=1S/C23H31N5O2/c1-4-25-23(26-10-9-19-12-16(2)11-17(3)13-19)28-14-18-5-7-20(8-6-18)22(30)27-15-21(24)29/h5-8,11-13H,4,9-10,14-15H2,1-3H3,(H2,24,29)(H,27,30)(H2,25,26,28). The van der Waals surface area contributed by atoms with E-state index < -0.39 is 5.91 Å². The van der Waals surface area contributed by atoms with Gasteiger partial charge >= 0.3 is 0 Å². The Morgan fingerprint density at radius 3 is 2.20 bits per heavy atom. The van der Waals surface area contributed by atoms with Crippen molar-refractivity contribution in [1.29, 1.82) is 0 Å². The Hall–Kier alpha value is -3.35. The van der Waals surface area contributed by atoms with E-state index in [4.69, 9.17) is 5.73 Å². The summed E-state index contributed by atoms with van der Waals surface area (Å²) >= 11 is 0. The topological polar surface area (TPSA) is 109 Å². The molecule has 0 heterocycles. The van der Waals surface area contributed by atoms with Gasteiger partial charge in [0.25, 0.3) is 5.91 Å². The van der Waals surface area contributed by atoms with Crippen molar-refractivity contribution >= 4 is 17.8 Å². The Bertz CT molecular complexity index is 871. The van der Waals surface area contributed by atoms with Crippen molar-refractivity contribution in [3.63, 3.8) is 0 Å². The third-order valence-corrected chi connectivity index (χ3v) is 4.39. The fourth-order valence-corrected chi connectivity index (χ4v) is 3.08. The zero-order chi connectivity index (χ0) is 21.9. The number of aliphatic imine (C=N–C) groups is 1. The number of carbonyl (C=O) groups excluding carboxylic acids is 2. The number of hydrogen-bond donors (Lipinski definition) is 4. The van der Waals surface area contributed by atoms with E-state index in [-0.39, 0.29) is 12.5 Å². The molecule has 160 valence electrons. The number of nitrogens with two attached hydrogens (primary N) is 1. The van der Waals surface area contributed by atoms with Crippen LogP contribution in [0.25, 0.3) is 0 Å². The maximum absolute atomic E-state index is 11.9. The summed E-state index contributed by atoms with van der Waals surface area (Å²) < 4.78 is 0. The van der Waals surface area contributed by atoms with Crippen LogP contribution in [0.15, 0.2) is 47.5 Å². The Morgan fingerprint density at radius 2 is 1.60 bits per heavy atom. The molecule has 0 bridgehead atoms. The molecule has 7 nitrogen and oxygen atoms in total. The molecule has 0 aliphatic carbocycles. The zero-order valence-electron chi connectivity index (χ0n) is 17.9. The molecule has 0 saturated heterocycles. The first-order chi connectivity index (χ1) is 14.4. The third-order valence-electron chi connectivity index (χ3n) is 4.39. The fraction of sp³-hybridized carbons (Fsp3) is 0.348. The van der Waals surface area contributed by atoms with Gasteiger partial charge in [-0.25, -0.2) is 4.99 Å². The Kier molecular flexibility index (Phi) is 8.87. The quantitative estimate of drug-likeness (QED) is 0.374. The smallest absolute Gasteiger partial charge is 0.251 e. The molecule has 0 aliphatic heterocycles. The maximum Gasteiger partial charge on any atom is 0.251 e. The van der Waals surface area contributed by atoms with E-state index in [1.54, 1.807) is 12.1 Å². The van der Waals surface area contributed by atoms with Crippen molar-refractivity contribution in [1.82, 2.24) is 16.0 Å². The van der Waals surface area contributed by atoms with Crippen molar-refractivity contribution in [3.8, 4) is 0 Å². The normalized spacial score (nSPS) is 11.1. The Balaban J connectivity index is 1.90. The molecule has 7 heteroatoms. The second kappa shape index (κ2) is 11.6. The number of rotatable bonds is 9. The predicted octanol–water partition coefficient (Wildman–Crippen LogP) is 1.82. The predicted molar refractivity (Wildman–Crippen MR) is 120 cm³/mol. The van der Waals surface area contributed by atoms with E-state index in [0.29, 0.717) is 12.1 Å². The van der Waals surface area contributed by atoms with Crippen molar-refractivity contribution in [2.75, 3.05) is 19.6 Å². The number of hydrogen-bond acceptors (Lipinski definition) is 3. The van der Waals surface area contributed by atoms with Gasteiger partial charge in [-0.1, -0.05) is 41.5 Å². The van der Waals surface area contributed by atoms with Gasteiger partial charge < -0.3 is 21.7 Å². The third kappa shape index (κ3) is 7.95. The van der Waals surface area contributed by atoms with Gasteiger partial charge in [0.05, 0.1) is 13.1 Å². The van der Waals surface area contributed by atoms with Crippen LogP contribution in [0.3, 0.4) is 0 Å². The SMILES string of the molecule is CCNC(=NCc1ccc(C(=O)NCC(N)=O)cc1)NCCc1cc(C)cc(C)c1. The first kappa shape index (κ1) is 22.9. The van der Waals surface area contributed by atoms with Crippen LogP contribution in [0.2, 0.25) is 0 Å². The summed E-state index contributed by atoms with van der Waals surface area (Å²) in [5, 5.41) is 9.08. The molecule has 0 aliphatic rings. The Labute approximate surface area is 178 Å². The summed E-state index contributed by atoms with van der Waals surface area (Å²) in [6.45, 7) is 8.12. The second-order valence-corrected chi connectivity index (χ2v) is 7.21. The lowest BCUT2D eigenvalue weighted by atomic mass is 10.1. The highest BCUT2D eigenvalue weighted by Gasteiger charge is 2.06. The highest BCUT2D eigenvalue weighted by molar-refractivity contribution is 5.96. The van der Waals surface area contributed by atoms with E-state index in [0.717, 1.165) is 31.0 Å². The van der Waals surface area contributed by atoms with Gasteiger partial charge in [0.2, 0.25) is 5.91 Å². The van der Waals surface area contributed by atoms with E-state index in [1.807, 2.05) is 19.1 Å². The maximum atomic E-state index is 11.9. The van der Waals surface area contributed by atoms with E-state index in [9.17, 15) is 9.59 Å². The number of carbonyl (C=O) groups is 2. The highest BCUT2D eigenvalue weighted by atomic mass is 16.2. The molecule has 0 atom stereocenters. The van der Waals surface area contributed by atoms with Gasteiger partial charge in [0.1, 0.15) is 0 Å². The molecule has 0 saturated carbocycles. The number of guanidine groups is 1. The molecule has 0 unspecified atom stereocenters. The van der Waals surface area contributed by atoms with E-state index in [2.05, 4.69) is 53.0 Å². The molecular weight excluding hydrogens is 378 g/mol. The molecule has 2 rings (SSSR count). The highest BCUT2D eigenvalue weighted by Crippen LogP contribution is 2.09. The molecule has 2 aromatic carbocycles. The summed E-state index contributed by atoms with van der Waals surface area (Å²) in [6, 6.07) is 13.7. The molecule has 0 radical (unpaired) electrons. The molecular formula is C23H31N5O2. The average molecular weight is 410 g/mol. The number of nitrogens with zero attached hydrogens (tertiary/aromatic N) is 1. The minimum Gasteiger partial charge on any atom is -0.368 e. The van der Waals surface area contributed by atoms with Crippen molar-refractivity contribution in [2.45, 2.75) is 33.7 Å². The number of nitrogens with one attached hydrogen (secondary N) is 3. The average Bonchev–Trinajstić information content (AvgIpc) is 2.70. The lowest BCUT2D eigenvalue weighted by Gasteiger charge is -2.12. The van der Waals surface area contributed by atoms with Gasteiger partial charge in [0.15, 0.2) is 5.96 Å². The summed E-state index contributed by atoms with van der Waals surface area (Å²) in [7, 11) is 0. The van der Waals surface area contributed by atoms with Crippen molar-refractivity contribution < 1.29 is 9.59 Å². The van der Waals surface area contributed by atoms with Crippen LogP contribution in [0.5, 0.6) is 0 Å². The summed E-state index contributed by atoms with van der Waals surface area (Å²) in [4.78, 5) is 27.3. The number of benzene rings is 2.